The number of hydrogen-bond donors (Lipinski definition) is 1. The van der Waals surface area contributed by atoms with Crippen molar-refractivity contribution in [3.05, 3.63) is 84.4 Å². The maximum absolute atomic E-state index is 11.5. The lowest BCUT2D eigenvalue weighted by molar-refractivity contribution is -0.00799. The molecule has 2 unspecified atom stereocenters. The van der Waals surface area contributed by atoms with Crippen molar-refractivity contribution in [3.63, 3.8) is 0 Å². The second-order valence-electron chi connectivity index (χ2n) is 5.52. The highest BCUT2D eigenvalue weighted by Gasteiger charge is 2.37. The van der Waals surface area contributed by atoms with Gasteiger partial charge in [-0.1, -0.05) is 67.6 Å². The molecule has 112 valence electrons. The molecule has 22 heavy (non-hydrogen) atoms. The third kappa shape index (κ3) is 2.78. The fourth-order valence-electron chi connectivity index (χ4n) is 2.78. The Morgan fingerprint density at radius 3 is 2.27 bits per heavy atom. The zero-order chi connectivity index (χ0) is 15.4. The van der Waals surface area contributed by atoms with Crippen molar-refractivity contribution in [1.29, 1.82) is 0 Å². The maximum Gasteiger partial charge on any atom is 0.137 e. The van der Waals surface area contributed by atoms with E-state index in [9.17, 15) is 5.11 Å². The Balaban J connectivity index is 2.02. The van der Waals surface area contributed by atoms with Crippen LogP contribution in [0, 0.1) is 0 Å². The molecule has 0 fully saturated rings. The third-order valence-corrected chi connectivity index (χ3v) is 4.16. The maximum atomic E-state index is 11.5. The van der Waals surface area contributed by atoms with Crippen LogP contribution in [0.5, 0.6) is 0 Å². The summed E-state index contributed by atoms with van der Waals surface area (Å²) >= 11 is 0. The molecule has 2 aromatic carbocycles. The van der Waals surface area contributed by atoms with Gasteiger partial charge in [-0.3, -0.25) is 0 Å². The molecule has 0 saturated heterocycles. The molecule has 0 spiro atoms. The van der Waals surface area contributed by atoms with Crippen LogP contribution >= 0.6 is 0 Å². The number of benzene rings is 2. The summed E-state index contributed by atoms with van der Waals surface area (Å²) in [5.74, 6) is -0.0831. The Hall–Kier alpha value is -2.46. The van der Waals surface area contributed by atoms with Gasteiger partial charge >= 0.3 is 0 Å². The van der Waals surface area contributed by atoms with E-state index in [1.807, 2.05) is 67.6 Å². The minimum atomic E-state index is -1.06. The van der Waals surface area contributed by atoms with Crippen LogP contribution in [0.15, 0.2) is 73.3 Å². The van der Waals surface area contributed by atoms with E-state index in [-0.39, 0.29) is 5.92 Å². The van der Waals surface area contributed by atoms with Crippen LogP contribution in [-0.2, 0) is 12.1 Å². The summed E-state index contributed by atoms with van der Waals surface area (Å²) in [6.07, 6.45) is 3.12. The lowest BCUT2D eigenvalue weighted by Gasteiger charge is -2.35. The van der Waals surface area contributed by atoms with E-state index in [4.69, 9.17) is 0 Å². The molecule has 1 heterocycles. The van der Waals surface area contributed by atoms with Crippen molar-refractivity contribution in [3.8, 4) is 0 Å². The van der Waals surface area contributed by atoms with Gasteiger partial charge in [0.1, 0.15) is 18.3 Å². The van der Waals surface area contributed by atoms with Gasteiger partial charge in [-0.05, 0) is 11.1 Å². The lowest BCUT2D eigenvalue weighted by Crippen LogP contribution is -2.37. The summed E-state index contributed by atoms with van der Waals surface area (Å²) in [5.41, 5.74) is 0.909. The molecular formula is C18H19N3O. The van der Waals surface area contributed by atoms with Crippen molar-refractivity contribution in [1.82, 2.24) is 14.8 Å². The highest BCUT2D eigenvalue weighted by atomic mass is 16.3. The van der Waals surface area contributed by atoms with Crippen LogP contribution in [-0.4, -0.2) is 19.9 Å². The number of hydrogen-bond acceptors (Lipinski definition) is 3. The third-order valence-electron chi connectivity index (χ3n) is 4.16. The van der Waals surface area contributed by atoms with Crippen LogP contribution in [0.3, 0.4) is 0 Å². The standard InChI is InChI=1S/C18H19N3O/c1-15(16-8-4-2-5-9-16)18(22,12-21-14-19-13-20-21)17-10-6-3-7-11-17/h2-11,13-15,22H,12H2,1H3. The Bertz CT molecular complexity index is 698. The smallest absolute Gasteiger partial charge is 0.137 e. The summed E-state index contributed by atoms with van der Waals surface area (Å²) in [4.78, 5) is 3.97. The molecule has 0 amide bonds. The minimum absolute atomic E-state index is 0.0831. The van der Waals surface area contributed by atoms with Crippen molar-refractivity contribution in [2.24, 2.45) is 0 Å². The fourth-order valence-corrected chi connectivity index (χ4v) is 2.78. The van der Waals surface area contributed by atoms with E-state index >= 15 is 0 Å². The Morgan fingerprint density at radius 1 is 1.05 bits per heavy atom. The van der Waals surface area contributed by atoms with E-state index in [1.165, 1.54) is 6.33 Å². The van der Waals surface area contributed by atoms with Crippen LogP contribution in [0.4, 0.5) is 0 Å². The quantitative estimate of drug-likeness (QED) is 0.787. The fraction of sp³-hybridized carbons (Fsp3) is 0.222. The van der Waals surface area contributed by atoms with Crippen molar-refractivity contribution < 1.29 is 5.11 Å². The number of aromatic nitrogens is 3. The molecule has 3 rings (SSSR count). The summed E-state index contributed by atoms with van der Waals surface area (Å²) in [6, 6.07) is 19.8. The number of nitrogens with zero attached hydrogens (tertiary/aromatic N) is 3. The first kappa shape index (κ1) is 14.5. The molecule has 0 bridgehead atoms. The largest absolute Gasteiger partial charge is 0.383 e. The van der Waals surface area contributed by atoms with E-state index in [0.29, 0.717) is 6.54 Å². The molecule has 0 aliphatic carbocycles. The summed E-state index contributed by atoms with van der Waals surface area (Å²) in [6.45, 7) is 2.40. The zero-order valence-corrected chi connectivity index (χ0v) is 12.5. The first-order valence-electron chi connectivity index (χ1n) is 7.35. The highest BCUT2D eigenvalue weighted by molar-refractivity contribution is 5.30. The van der Waals surface area contributed by atoms with Gasteiger partial charge in [0.25, 0.3) is 0 Å². The van der Waals surface area contributed by atoms with Gasteiger partial charge in [-0.2, -0.15) is 5.10 Å². The number of aliphatic hydroxyl groups is 1. The van der Waals surface area contributed by atoms with Gasteiger partial charge in [0, 0.05) is 5.92 Å². The van der Waals surface area contributed by atoms with Crippen LogP contribution in [0.2, 0.25) is 0 Å². The molecule has 0 saturated carbocycles. The van der Waals surface area contributed by atoms with Gasteiger partial charge in [0.2, 0.25) is 0 Å². The first-order chi connectivity index (χ1) is 10.7. The molecule has 4 nitrogen and oxygen atoms in total. The predicted molar refractivity (Wildman–Crippen MR) is 85.2 cm³/mol. The summed E-state index contributed by atoms with van der Waals surface area (Å²) in [5, 5.41) is 15.6. The molecular weight excluding hydrogens is 274 g/mol. The van der Waals surface area contributed by atoms with Crippen molar-refractivity contribution >= 4 is 0 Å². The van der Waals surface area contributed by atoms with Gasteiger partial charge in [-0.25, -0.2) is 9.67 Å². The topological polar surface area (TPSA) is 50.9 Å². The molecule has 3 aromatic rings. The zero-order valence-electron chi connectivity index (χ0n) is 12.5. The van der Waals surface area contributed by atoms with Crippen molar-refractivity contribution in [2.45, 2.75) is 25.0 Å². The van der Waals surface area contributed by atoms with Gasteiger partial charge < -0.3 is 5.11 Å². The molecule has 1 aromatic heterocycles. The van der Waals surface area contributed by atoms with Crippen LogP contribution in [0.1, 0.15) is 24.0 Å². The molecule has 0 radical (unpaired) electrons. The molecule has 0 aliphatic heterocycles. The first-order valence-corrected chi connectivity index (χ1v) is 7.35. The van der Waals surface area contributed by atoms with Crippen LogP contribution < -0.4 is 0 Å². The molecule has 1 N–H and O–H groups in total. The second-order valence-corrected chi connectivity index (χ2v) is 5.52. The van der Waals surface area contributed by atoms with Crippen LogP contribution in [0.25, 0.3) is 0 Å². The molecule has 4 heteroatoms. The van der Waals surface area contributed by atoms with Gasteiger partial charge in [0.05, 0.1) is 6.54 Å². The van der Waals surface area contributed by atoms with E-state index in [1.54, 1.807) is 11.0 Å². The Morgan fingerprint density at radius 2 is 1.68 bits per heavy atom. The SMILES string of the molecule is CC(c1ccccc1)C(O)(Cn1cncn1)c1ccccc1. The van der Waals surface area contributed by atoms with Crippen molar-refractivity contribution in [2.75, 3.05) is 0 Å². The Labute approximate surface area is 130 Å². The predicted octanol–water partition coefficient (Wildman–Crippen LogP) is 2.97. The monoisotopic (exact) mass is 293 g/mol. The van der Waals surface area contributed by atoms with E-state index < -0.39 is 5.60 Å². The lowest BCUT2D eigenvalue weighted by atomic mass is 9.78. The Kier molecular flexibility index (Phi) is 4.02. The van der Waals surface area contributed by atoms with E-state index in [2.05, 4.69) is 10.1 Å². The average molecular weight is 293 g/mol. The van der Waals surface area contributed by atoms with Gasteiger partial charge in [0.15, 0.2) is 0 Å². The minimum Gasteiger partial charge on any atom is -0.383 e. The normalized spacial score (nSPS) is 15.2. The highest BCUT2D eigenvalue weighted by Crippen LogP contribution is 2.37. The second kappa shape index (κ2) is 6.12. The summed E-state index contributed by atoms with van der Waals surface area (Å²) < 4.78 is 1.67. The summed E-state index contributed by atoms with van der Waals surface area (Å²) in [7, 11) is 0. The van der Waals surface area contributed by atoms with Gasteiger partial charge in [-0.15, -0.1) is 0 Å². The molecule has 2 atom stereocenters. The number of rotatable bonds is 5. The van der Waals surface area contributed by atoms with E-state index in [0.717, 1.165) is 11.1 Å². The molecule has 0 aliphatic rings. The average Bonchev–Trinajstić information content (AvgIpc) is 3.08.